The zero-order valence-electron chi connectivity index (χ0n) is 12.3. The minimum Gasteiger partial charge on any atom is -0.466 e. The normalized spacial score (nSPS) is 21.1. The van der Waals surface area contributed by atoms with Crippen LogP contribution in [0, 0.1) is 5.82 Å². The van der Waals surface area contributed by atoms with Gasteiger partial charge in [-0.15, -0.1) is 11.8 Å². The highest BCUT2D eigenvalue weighted by Gasteiger charge is 2.32. The monoisotopic (exact) mass is 386 g/mol. The first-order valence-electron chi connectivity index (χ1n) is 6.59. The van der Waals surface area contributed by atoms with Crippen LogP contribution in [0.3, 0.4) is 0 Å². The molecule has 1 aliphatic carbocycles. The molecular weight excluding hydrogens is 371 g/mol. The van der Waals surface area contributed by atoms with Crippen molar-refractivity contribution in [3.05, 3.63) is 53.4 Å². The molecule has 1 aromatic rings. The highest BCUT2D eigenvalue weighted by molar-refractivity contribution is 9.10. The van der Waals surface area contributed by atoms with Gasteiger partial charge in [-0.05, 0) is 51.8 Å². The van der Waals surface area contributed by atoms with E-state index in [0.29, 0.717) is 17.7 Å². The molecule has 22 heavy (non-hydrogen) atoms. The van der Waals surface area contributed by atoms with Gasteiger partial charge in [0.1, 0.15) is 10.3 Å². The van der Waals surface area contributed by atoms with Crippen LogP contribution in [-0.2, 0) is 14.3 Å². The number of carbonyl (C=O) groups is 1. The van der Waals surface area contributed by atoms with Crippen molar-refractivity contribution in [2.24, 2.45) is 0 Å². The van der Waals surface area contributed by atoms with E-state index in [4.69, 9.17) is 9.47 Å². The van der Waals surface area contributed by atoms with Crippen molar-refractivity contribution < 1.29 is 18.7 Å². The largest absolute Gasteiger partial charge is 0.466 e. The van der Waals surface area contributed by atoms with Crippen molar-refractivity contribution in [3.8, 4) is 0 Å². The first-order chi connectivity index (χ1) is 10.5. The fraction of sp³-hybridized carbons (Fsp3) is 0.312. The van der Waals surface area contributed by atoms with Crippen LogP contribution >= 0.6 is 27.7 Å². The second-order valence-corrected chi connectivity index (χ2v) is 7.13. The van der Waals surface area contributed by atoms with Crippen molar-refractivity contribution in [1.29, 1.82) is 0 Å². The molecule has 3 nitrogen and oxygen atoms in total. The van der Waals surface area contributed by atoms with Crippen molar-refractivity contribution in [3.63, 3.8) is 0 Å². The molecule has 0 fully saturated rings. The van der Waals surface area contributed by atoms with Gasteiger partial charge in [-0.25, -0.2) is 9.18 Å². The molecule has 1 aliphatic rings. The molecule has 0 amide bonds. The summed E-state index contributed by atoms with van der Waals surface area (Å²) in [5, 5.41) is 0. The lowest BCUT2D eigenvalue weighted by molar-refractivity contribution is -0.136. The molecule has 0 aliphatic heterocycles. The molecule has 0 heterocycles. The van der Waals surface area contributed by atoms with Gasteiger partial charge in [0.2, 0.25) is 0 Å². The van der Waals surface area contributed by atoms with Gasteiger partial charge in [0.05, 0.1) is 7.11 Å². The Labute approximate surface area is 141 Å². The number of hydrogen-bond donors (Lipinski definition) is 0. The fourth-order valence-corrected chi connectivity index (χ4v) is 3.37. The lowest BCUT2D eigenvalue weighted by Gasteiger charge is -2.27. The first kappa shape index (κ1) is 17.2. The van der Waals surface area contributed by atoms with E-state index in [1.165, 1.54) is 31.0 Å². The molecule has 1 unspecified atom stereocenters. The third kappa shape index (κ3) is 4.21. The summed E-state index contributed by atoms with van der Waals surface area (Å²) in [6.45, 7) is 0. The summed E-state index contributed by atoms with van der Waals surface area (Å²) in [5.74, 6) is -0.0280. The van der Waals surface area contributed by atoms with E-state index >= 15 is 0 Å². The molecule has 0 aromatic heterocycles. The number of thioether (sulfide) groups is 1. The molecule has 118 valence electrons. The second kappa shape index (κ2) is 7.44. The van der Waals surface area contributed by atoms with E-state index in [-0.39, 0.29) is 11.8 Å². The number of alkyl halides is 1. The van der Waals surface area contributed by atoms with Gasteiger partial charge in [-0.1, -0.05) is 6.08 Å². The Hall–Kier alpha value is -1.11. The van der Waals surface area contributed by atoms with E-state index in [9.17, 15) is 9.18 Å². The van der Waals surface area contributed by atoms with Crippen molar-refractivity contribution in [2.45, 2.75) is 15.8 Å². The lowest BCUT2D eigenvalue weighted by Crippen LogP contribution is -2.27. The number of carbonyl (C=O) groups excluding carboxylic acids is 1. The average Bonchev–Trinajstić information content (AvgIpc) is 2.54. The number of halogens is 2. The van der Waals surface area contributed by atoms with Crippen LogP contribution in [-0.4, -0.2) is 30.5 Å². The molecule has 6 heteroatoms. The Balaban J connectivity index is 2.16. The minimum absolute atomic E-state index is 0.263. The van der Waals surface area contributed by atoms with Crippen LogP contribution in [0.25, 0.3) is 0 Å². The smallest absolute Gasteiger partial charge is 0.334 e. The summed E-state index contributed by atoms with van der Waals surface area (Å²) < 4.78 is 22.5. The topological polar surface area (TPSA) is 35.5 Å². The number of allylic oxidation sites excluding steroid dienone is 1. The van der Waals surface area contributed by atoms with E-state index < -0.39 is 4.51 Å². The molecule has 0 radical (unpaired) electrons. The van der Waals surface area contributed by atoms with Gasteiger partial charge < -0.3 is 9.47 Å². The van der Waals surface area contributed by atoms with Gasteiger partial charge >= 0.3 is 5.97 Å². The van der Waals surface area contributed by atoms with E-state index in [1.54, 1.807) is 19.2 Å². The van der Waals surface area contributed by atoms with Crippen LogP contribution in [0.5, 0.6) is 0 Å². The van der Waals surface area contributed by atoms with E-state index in [0.717, 1.165) is 10.5 Å². The first-order valence-corrected chi connectivity index (χ1v) is 8.37. The Morgan fingerprint density at radius 1 is 1.36 bits per heavy atom. The number of ether oxygens (including phenoxy) is 2. The number of rotatable bonds is 5. The molecule has 0 bridgehead atoms. The number of hydrogen-bond acceptors (Lipinski definition) is 4. The van der Waals surface area contributed by atoms with Crippen LogP contribution < -0.4 is 0 Å². The maximum atomic E-state index is 12.9. The fourth-order valence-electron chi connectivity index (χ4n) is 2.03. The minimum atomic E-state index is -0.680. The molecule has 2 rings (SSSR count). The van der Waals surface area contributed by atoms with Crippen LogP contribution in [0.15, 0.2) is 52.5 Å². The zero-order chi connectivity index (χ0) is 16.2. The molecular formula is C16H16BrFO3S. The summed E-state index contributed by atoms with van der Waals surface area (Å²) in [4.78, 5) is 12.9. The summed E-state index contributed by atoms with van der Waals surface area (Å²) in [7, 11) is 2.94. The SMILES string of the molecule is COC(=O)C1=C(CSc2ccc(F)cc2)C=CC(Br)(OC)C1. The quantitative estimate of drug-likeness (QED) is 0.433. The van der Waals surface area contributed by atoms with Crippen molar-refractivity contribution >= 4 is 33.7 Å². The Kier molecular flexibility index (Phi) is 5.83. The number of benzene rings is 1. The summed E-state index contributed by atoms with van der Waals surface area (Å²) in [6.07, 6.45) is 4.14. The predicted molar refractivity (Wildman–Crippen MR) is 88.6 cm³/mol. The lowest BCUT2D eigenvalue weighted by atomic mass is 9.96. The molecule has 0 saturated heterocycles. The summed E-state index contributed by atoms with van der Waals surface area (Å²) in [5.41, 5.74) is 1.46. The standard InChI is InChI=1S/C16H16BrFO3S/c1-20-15(19)14-9-16(17,21-2)8-7-11(14)10-22-13-5-3-12(18)4-6-13/h3-8H,9-10H2,1-2H3. The Morgan fingerprint density at radius 3 is 2.64 bits per heavy atom. The summed E-state index contributed by atoms with van der Waals surface area (Å²) >= 11 is 5.00. The van der Waals surface area contributed by atoms with Gasteiger partial charge in [0.25, 0.3) is 0 Å². The van der Waals surface area contributed by atoms with Crippen LogP contribution in [0.2, 0.25) is 0 Å². The van der Waals surface area contributed by atoms with E-state index in [1.807, 2.05) is 12.2 Å². The average molecular weight is 387 g/mol. The molecule has 1 aromatic carbocycles. The van der Waals surface area contributed by atoms with E-state index in [2.05, 4.69) is 15.9 Å². The van der Waals surface area contributed by atoms with Crippen LogP contribution in [0.4, 0.5) is 4.39 Å². The Morgan fingerprint density at radius 2 is 2.05 bits per heavy atom. The molecule has 0 N–H and O–H groups in total. The van der Waals surface area contributed by atoms with Crippen LogP contribution in [0.1, 0.15) is 6.42 Å². The highest BCUT2D eigenvalue weighted by atomic mass is 79.9. The molecule has 1 atom stereocenters. The van der Waals surface area contributed by atoms with Gasteiger partial charge in [0.15, 0.2) is 0 Å². The number of esters is 1. The van der Waals surface area contributed by atoms with Gasteiger partial charge in [-0.2, -0.15) is 0 Å². The van der Waals surface area contributed by atoms with Crippen molar-refractivity contribution in [1.82, 2.24) is 0 Å². The number of methoxy groups -OCH3 is 2. The van der Waals surface area contributed by atoms with Crippen molar-refractivity contribution in [2.75, 3.05) is 20.0 Å². The summed E-state index contributed by atoms with van der Waals surface area (Å²) in [6, 6.07) is 6.27. The highest BCUT2D eigenvalue weighted by Crippen LogP contribution is 2.37. The molecule has 0 saturated carbocycles. The predicted octanol–water partition coefficient (Wildman–Crippen LogP) is 4.08. The molecule has 0 spiro atoms. The maximum Gasteiger partial charge on any atom is 0.334 e. The third-order valence-electron chi connectivity index (χ3n) is 3.32. The van der Waals surface area contributed by atoms with Gasteiger partial charge in [-0.3, -0.25) is 0 Å². The second-order valence-electron chi connectivity index (χ2n) is 4.74. The zero-order valence-corrected chi connectivity index (χ0v) is 14.7. The third-order valence-corrected chi connectivity index (χ3v) is 5.25. The maximum absolute atomic E-state index is 12.9. The van der Waals surface area contributed by atoms with Gasteiger partial charge in [0, 0.05) is 29.8 Å². The Bertz CT molecular complexity index is 612.